The number of oxime groups is 1. The van der Waals surface area contributed by atoms with Gasteiger partial charge in [0.05, 0.1) is 29.6 Å². The van der Waals surface area contributed by atoms with E-state index >= 15 is 4.39 Å². The summed E-state index contributed by atoms with van der Waals surface area (Å²) in [7, 11) is 0. The number of halogens is 2. The van der Waals surface area contributed by atoms with E-state index < -0.39 is 69.2 Å². The maximum Gasteiger partial charge on any atom is 0.352 e. The largest absolute Gasteiger partial charge is 0.504 e. The van der Waals surface area contributed by atoms with Crippen molar-refractivity contribution in [3.63, 3.8) is 0 Å². The Hall–Kier alpha value is -4.92. The molecule has 2 fully saturated rings. The lowest BCUT2D eigenvalue weighted by atomic mass is 10.0. The molecule has 0 aliphatic carbocycles. The van der Waals surface area contributed by atoms with Crippen LogP contribution in [0.2, 0.25) is 4.34 Å². The zero-order valence-corrected chi connectivity index (χ0v) is 31.5. The number of likely N-dealkylation sites (tertiary alicyclic amines) is 1. The number of phenols is 2. The summed E-state index contributed by atoms with van der Waals surface area (Å²) in [5.74, 6) is -7.27. The third-order valence-corrected chi connectivity index (χ3v) is 12.1. The van der Waals surface area contributed by atoms with Crippen molar-refractivity contribution in [3.05, 3.63) is 55.2 Å². The molecule has 1 aromatic carbocycles. The molecule has 0 saturated carbocycles. The van der Waals surface area contributed by atoms with Crippen LogP contribution in [0.1, 0.15) is 44.9 Å². The van der Waals surface area contributed by atoms with Gasteiger partial charge in [-0.25, -0.2) is 19.0 Å². The molecule has 3 aliphatic rings. The minimum atomic E-state index is -1.86. The molecule has 3 aliphatic heterocycles. The molecule has 21 heteroatoms. The number of nitrogens with zero attached hydrogens (tertiary/aromatic N) is 5. The number of thiazole rings is 1. The van der Waals surface area contributed by atoms with E-state index in [-0.39, 0.29) is 60.7 Å². The van der Waals surface area contributed by atoms with E-state index in [9.17, 15) is 44.4 Å². The third-order valence-electron chi connectivity index (χ3n) is 9.69. The lowest BCUT2D eigenvalue weighted by Crippen LogP contribution is -2.71. The first-order valence-electron chi connectivity index (χ1n) is 16.6. The number of nitrogens with one attached hydrogen (secondary N) is 1. The molecule has 7 N–H and O–H groups in total. The first-order chi connectivity index (χ1) is 25.4. The Morgan fingerprint density at radius 3 is 2.48 bits per heavy atom. The first-order valence-corrected chi connectivity index (χ1v) is 18.9. The van der Waals surface area contributed by atoms with Crippen LogP contribution in [0.15, 0.2) is 33.5 Å². The molecule has 2 aromatic heterocycles. The maximum absolute atomic E-state index is 15.2. The second-order valence-electron chi connectivity index (χ2n) is 13.7. The van der Waals surface area contributed by atoms with E-state index in [0.717, 1.165) is 35.1 Å². The van der Waals surface area contributed by atoms with Gasteiger partial charge in [-0.2, -0.15) is 0 Å². The normalized spacial score (nSPS) is 19.8. The summed E-state index contributed by atoms with van der Waals surface area (Å²) in [6, 6.07) is -0.0789. The summed E-state index contributed by atoms with van der Waals surface area (Å²) in [6.07, 6.45) is 3.13. The summed E-state index contributed by atoms with van der Waals surface area (Å²) in [6.45, 7) is 5.90. The molecule has 2 atom stereocenters. The number of fused-ring (bicyclic) bond motifs is 2. The van der Waals surface area contributed by atoms with Gasteiger partial charge in [-0.3, -0.25) is 19.3 Å². The number of aryl methyl sites for hydroxylation is 1. The summed E-state index contributed by atoms with van der Waals surface area (Å²) in [4.78, 5) is 75.5. The Kier molecular flexibility index (Phi) is 10.3. The number of hydrogen-bond donors (Lipinski definition) is 6. The number of aliphatic carboxylic acids is 2. The van der Waals surface area contributed by atoms with Crippen LogP contribution < -0.4 is 16.5 Å². The fourth-order valence-corrected chi connectivity index (χ4v) is 9.18. The number of aromatic nitrogens is 2. The van der Waals surface area contributed by atoms with Crippen LogP contribution in [0.4, 0.5) is 9.52 Å². The Bertz CT molecular complexity index is 2230. The van der Waals surface area contributed by atoms with Crippen molar-refractivity contribution >= 4 is 80.2 Å². The topological polar surface area (TPSA) is 247 Å². The monoisotopic (exact) mass is 808 g/mol. The van der Waals surface area contributed by atoms with Crippen LogP contribution in [-0.4, -0.2) is 111 Å². The number of carboxylic acid groups (broad SMARTS) is 2. The highest BCUT2D eigenvalue weighted by Crippen LogP contribution is 2.42. The molecule has 2 saturated heterocycles. The summed E-state index contributed by atoms with van der Waals surface area (Å²) < 4.78 is 17.0. The molecule has 0 spiro atoms. The van der Waals surface area contributed by atoms with Crippen LogP contribution in [0.3, 0.4) is 0 Å². The Morgan fingerprint density at radius 2 is 1.89 bits per heavy atom. The molecule has 288 valence electrons. The highest BCUT2D eigenvalue weighted by atomic mass is 35.5. The average molecular weight is 809 g/mol. The van der Waals surface area contributed by atoms with Crippen molar-refractivity contribution in [1.82, 2.24) is 19.8 Å². The summed E-state index contributed by atoms with van der Waals surface area (Å²) in [5, 5.41) is 45.0. The second-order valence-corrected chi connectivity index (χ2v) is 16.4. The summed E-state index contributed by atoms with van der Waals surface area (Å²) in [5.41, 5.74) is 3.02. The lowest BCUT2D eigenvalue weighted by molar-refractivity contribution is -0.925. The average Bonchev–Trinajstić information content (AvgIpc) is 3.71. The van der Waals surface area contributed by atoms with E-state index in [0.29, 0.717) is 25.2 Å². The number of carbonyl (C=O) groups excluding carboxylic acids is 2. The van der Waals surface area contributed by atoms with Crippen molar-refractivity contribution in [2.75, 3.05) is 31.1 Å². The number of nitrogen functional groups attached to an aromatic ring is 1. The number of nitrogens with two attached hydrogens (primary N) is 1. The van der Waals surface area contributed by atoms with Crippen LogP contribution in [0.25, 0.3) is 10.9 Å². The SMILES string of the molecule is CCn1cc(C[N+]2(CC3=C(C(=O)O)N4C(=O)[C@@H](NC(=O)/C(=N\OC(C)(C)C(=O)O)c5nc(N)sc5Cl)[C@H]4SC3)CCCC2)c(=O)c2c(F)c(O)c(O)cc21. The molecule has 5 heterocycles. The number of rotatable bonds is 12. The Labute approximate surface area is 319 Å². The van der Waals surface area contributed by atoms with Gasteiger partial charge in [0.2, 0.25) is 11.0 Å². The van der Waals surface area contributed by atoms with Gasteiger partial charge in [0.1, 0.15) is 40.2 Å². The Morgan fingerprint density at radius 1 is 1.20 bits per heavy atom. The number of aromatic hydroxyl groups is 2. The standard InChI is InChI=1S/C33H35ClFN7O10S2/c1-4-40-10-14(24(44)18-16(40)9-17(43)25(45)19(18)35)11-42(7-5-6-8-42)12-15-13-53-29-22(28(47)41(29)23(15)30(48)49)37-27(46)21(20-26(34)54-32(36)38-20)39-52-33(2,3)31(50)51/h9-10,22,29H,4-8,11-13H2,1-3H3,(H6-,36,37,38,39,43,44,45,46,48,49,50,51)/p+1/t22-,29-/m1/s1. The van der Waals surface area contributed by atoms with Gasteiger partial charge in [-0.15, -0.1) is 11.8 Å². The van der Waals surface area contributed by atoms with Crippen molar-refractivity contribution in [2.45, 2.75) is 63.7 Å². The van der Waals surface area contributed by atoms with E-state index in [4.69, 9.17) is 22.2 Å². The minimum absolute atomic E-state index is 0.0210. The fraction of sp³-hybridized carbons (Fsp3) is 0.424. The number of phenolic OH excluding ortho intramolecular Hbond substituents is 2. The number of quaternary nitrogens is 1. The molecule has 0 unspecified atom stereocenters. The van der Waals surface area contributed by atoms with Crippen molar-refractivity contribution in [3.8, 4) is 11.5 Å². The third kappa shape index (κ3) is 6.82. The second kappa shape index (κ2) is 14.4. The highest BCUT2D eigenvalue weighted by molar-refractivity contribution is 8.00. The van der Waals surface area contributed by atoms with Crippen molar-refractivity contribution < 1.29 is 53.3 Å². The predicted molar refractivity (Wildman–Crippen MR) is 196 cm³/mol. The van der Waals surface area contributed by atoms with Crippen LogP contribution >= 0.6 is 34.7 Å². The van der Waals surface area contributed by atoms with Gasteiger partial charge >= 0.3 is 11.9 Å². The summed E-state index contributed by atoms with van der Waals surface area (Å²) >= 11 is 8.27. The number of anilines is 1. The number of benzene rings is 1. The van der Waals surface area contributed by atoms with E-state index in [1.54, 1.807) is 17.7 Å². The van der Waals surface area contributed by atoms with E-state index in [1.165, 1.54) is 25.6 Å². The van der Waals surface area contributed by atoms with Crippen molar-refractivity contribution in [2.24, 2.45) is 5.16 Å². The van der Waals surface area contributed by atoms with E-state index in [1.807, 2.05) is 0 Å². The molecule has 6 rings (SSSR count). The van der Waals surface area contributed by atoms with Gasteiger partial charge < -0.3 is 45.4 Å². The van der Waals surface area contributed by atoms with Crippen molar-refractivity contribution in [1.29, 1.82) is 0 Å². The minimum Gasteiger partial charge on any atom is -0.504 e. The number of carboxylic acids is 2. The molecule has 3 aromatic rings. The molecule has 2 amide bonds. The number of pyridine rings is 1. The molecule has 0 bridgehead atoms. The van der Waals surface area contributed by atoms with Crippen LogP contribution in [0.5, 0.6) is 11.5 Å². The van der Waals surface area contributed by atoms with Gasteiger partial charge in [-0.05, 0) is 20.8 Å². The smallest absolute Gasteiger partial charge is 0.352 e. The number of amides is 2. The maximum atomic E-state index is 15.2. The number of β-lactam (4-membered cyclic amide) rings is 1. The molecule has 54 heavy (non-hydrogen) atoms. The number of thioether (sulfide) groups is 1. The Balaban J connectivity index is 1.28. The fourth-order valence-electron chi connectivity index (χ4n) is 6.92. The number of carbonyl (C=O) groups is 4. The molecular formula is C33H36ClFN7O10S2+. The zero-order valence-electron chi connectivity index (χ0n) is 29.1. The van der Waals surface area contributed by atoms with Gasteiger partial charge in [0.15, 0.2) is 28.2 Å². The molecule has 17 nitrogen and oxygen atoms in total. The van der Waals surface area contributed by atoms with E-state index in [2.05, 4.69) is 15.5 Å². The number of hydrogen-bond acceptors (Lipinski definition) is 13. The van der Waals surface area contributed by atoms with Crippen LogP contribution in [-0.2, 0) is 37.1 Å². The highest BCUT2D eigenvalue weighted by Gasteiger charge is 2.55. The first kappa shape index (κ1) is 38.8. The van der Waals surface area contributed by atoms with Gasteiger partial charge in [0.25, 0.3) is 11.8 Å². The predicted octanol–water partition coefficient (Wildman–Crippen LogP) is 2.40. The van der Waals surface area contributed by atoms with Gasteiger partial charge in [0, 0.05) is 43.0 Å². The molecule has 0 radical (unpaired) electrons. The lowest BCUT2D eigenvalue weighted by Gasteiger charge is -2.50. The molecular weight excluding hydrogens is 773 g/mol. The zero-order chi connectivity index (χ0) is 39.4. The van der Waals surface area contributed by atoms with Gasteiger partial charge in [-0.1, -0.05) is 28.1 Å². The quantitative estimate of drug-likeness (QED) is 0.0507. The van der Waals surface area contributed by atoms with Crippen LogP contribution in [0, 0.1) is 5.82 Å².